The van der Waals surface area contributed by atoms with E-state index in [4.69, 9.17) is 9.47 Å². The number of methoxy groups -OCH3 is 2. The lowest BCUT2D eigenvalue weighted by Gasteiger charge is -2.38. The van der Waals surface area contributed by atoms with E-state index < -0.39 is 0 Å². The van der Waals surface area contributed by atoms with Crippen LogP contribution in [-0.4, -0.2) is 14.2 Å². The molecule has 3 nitrogen and oxygen atoms in total. The van der Waals surface area contributed by atoms with Crippen molar-refractivity contribution in [1.82, 2.24) is 0 Å². The van der Waals surface area contributed by atoms with Crippen LogP contribution in [0.25, 0.3) is 0 Å². The van der Waals surface area contributed by atoms with Gasteiger partial charge in [-0.3, -0.25) is 0 Å². The Balaban J connectivity index is 1.82. The molecule has 4 heteroatoms. The molecular formula is C21H22BrNO2. The molecule has 0 fully saturated rings. The molecule has 1 aliphatic carbocycles. The van der Waals surface area contributed by atoms with E-state index in [0.29, 0.717) is 11.8 Å². The third-order valence-electron chi connectivity index (χ3n) is 5.42. The Kier molecular flexibility index (Phi) is 4.24. The molecule has 2 aromatic carbocycles. The maximum atomic E-state index is 5.55. The topological polar surface area (TPSA) is 30.5 Å². The first kappa shape index (κ1) is 16.5. The molecule has 2 aliphatic rings. The number of aryl methyl sites for hydroxylation is 1. The molecule has 2 aromatic rings. The maximum Gasteiger partial charge on any atom is 0.174 e. The van der Waals surface area contributed by atoms with Gasteiger partial charge in [0.25, 0.3) is 0 Å². The number of nitrogens with one attached hydrogen (secondary N) is 1. The summed E-state index contributed by atoms with van der Waals surface area (Å²) in [5.74, 6) is 2.47. The third-order valence-corrected chi connectivity index (χ3v) is 6.01. The third kappa shape index (κ3) is 2.63. The number of para-hydroxylation sites is 1. The molecule has 0 spiro atoms. The lowest BCUT2D eigenvalue weighted by Crippen LogP contribution is -2.29. The number of anilines is 1. The predicted octanol–water partition coefficient (Wildman–Crippen LogP) is 5.60. The van der Waals surface area contributed by atoms with Crippen LogP contribution >= 0.6 is 15.9 Å². The number of halogens is 1. The molecule has 0 saturated heterocycles. The quantitative estimate of drug-likeness (QED) is 0.681. The molecule has 1 N–H and O–H groups in total. The van der Waals surface area contributed by atoms with Gasteiger partial charge in [-0.25, -0.2) is 0 Å². The summed E-state index contributed by atoms with van der Waals surface area (Å²) in [5.41, 5.74) is 5.19. The lowest BCUT2D eigenvalue weighted by atomic mass is 9.76. The average molecular weight is 400 g/mol. The number of ether oxygens (including phenoxy) is 2. The summed E-state index contributed by atoms with van der Waals surface area (Å²) in [5, 5.41) is 3.81. The highest BCUT2D eigenvalue weighted by molar-refractivity contribution is 9.10. The minimum atomic E-state index is 0.240. The van der Waals surface area contributed by atoms with Crippen molar-refractivity contribution < 1.29 is 9.47 Å². The molecule has 130 valence electrons. The molecule has 0 bridgehead atoms. The standard InChI is InChI=1S/C21H22BrNO2/c1-12-6-4-8-15-14-7-5-9-16(14)20(23-19(12)15)13-10-17(22)21(25-3)18(11-13)24-2/h4-8,10-11,14,16,20,23H,9H2,1-3H3. The molecule has 3 atom stereocenters. The van der Waals surface area contributed by atoms with E-state index in [1.54, 1.807) is 14.2 Å². The van der Waals surface area contributed by atoms with Gasteiger partial charge in [0.1, 0.15) is 0 Å². The minimum Gasteiger partial charge on any atom is -0.493 e. The van der Waals surface area contributed by atoms with Crippen LogP contribution in [0.1, 0.15) is 35.1 Å². The molecule has 25 heavy (non-hydrogen) atoms. The minimum absolute atomic E-state index is 0.240. The van der Waals surface area contributed by atoms with E-state index in [1.165, 1.54) is 22.4 Å². The summed E-state index contributed by atoms with van der Waals surface area (Å²) >= 11 is 3.64. The van der Waals surface area contributed by atoms with Crippen molar-refractivity contribution in [2.75, 3.05) is 19.5 Å². The van der Waals surface area contributed by atoms with E-state index in [2.05, 4.69) is 70.7 Å². The molecule has 0 radical (unpaired) electrons. The number of hydrogen-bond donors (Lipinski definition) is 1. The molecule has 3 unspecified atom stereocenters. The van der Waals surface area contributed by atoms with Crippen LogP contribution in [0.5, 0.6) is 11.5 Å². The summed E-state index contributed by atoms with van der Waals surface area (Å²) in [4.78, 5) is 0. The first-order chi connectivity index (χ1) is 12.1. The summed E-state index contributed by atoms with van der Waals surface area (Å²) in [7, 11) is 3.35. The second-order valence-corrected chi connectivity index (χ2v) is 7.61. The van der Waals surface area contributed by atoms with Crippen molar-refractivity contribution in [2.24, 2.45) is 5.92 Å². The van der Waals surface area contributed by atoms with E-state index in [-0.39, 0.29) is 6.04 Å². The number of allylic oxidation sites excluding steroid dienone is 2. The van der Waals surface area contributed by atoms with Crippen molar-refractivity contribution in [1.29, 1.82) is 0 Å². The Hall–Kier alpha value is -1.94. The first-order valence-electron chi connectivity index (χ1n) is 8.58. The Labute approximate surface area is 157 Å². The second-order valence-electron chi connectivity index (χ2n) is 6.75. The summed E-state index contributed by atoms with van der Waals surface area (Å²) < 4.78 is 11.9. The van der Waals surface area contributed by atoms with Gasteiger partial charge in [0.15, 0.2) is 11.5 Å². The number of rotatable bonds is 3. The predicted molar refractivity (Wildman–Crippen MR) is 105 cm³/mol. The van der Waals surface area contributed by atoms with Crippen molar-refractivity contribution in [3.63, 3.8) is 0 Å². The normalized spacial score (nSPS) is 23.6. The highest BCUT2D eigenvalue weighted by Crippen LogP contribution is 2.51. The van der Waals surface area contributed by atoms with Gasteiger partial charge in [0.05, 0.1) is 24.7 Å². The highest BCUT2D eigenvalue weighted by Gasteiger charge is 2.38. The van der Waals surface area contributed by atoms with Gasteiger partial charge in [0.2, 0.25) is 0 Å². The molecule has 0 saturated carbocycles. The van der Waals surface area contributed by atoms with Crippen molar-refractivity contribution in [3.8, 4) is 11.5 Å². The number of benzene rings is 2. The van der Waals surface area contributed by atoms with Crippen LogP contribution in [0.2, 0.25) is 0 Å². The van der Waals surface area contributed by atoms with Gasteiger partial charge in [-0.2, -0.15) is 0 Å². The highest BCUT2D eigenvalue weighted by atomic mass is 79.9. The smallest absolute Gasteiger partial charge is 0.174 e. The van der Waals surface area contributed by atoms with Crippen LogP contribution in [0, 0.1) is 12.8 Å². The van der Waals surface area contributed by atoms with Crippen molar-refractivity contribution in [2.45, 2.75) is 25.3 Å². The Bertz CT molecular complexity index is 846. The summed E-state index contributed by atoms with van der Waals surface area (Å²) in [6, 6.07) is 11.1. The Morgan fingerprint density at radius 2 is 2.00 bits per heavy atom. The Morgan fingerprint density at radius 1 is 1.16 bits per heavy atom. The number of hydrogen-bond acceptors (Lipinski definition) is 3. The fourth-order valence-electron chi connectivity index (χ4n) is 4.23. The maximum absolute atomic E-state index is 5.55. The van der Waals surface area contributed by atoms with E-state index in [0.717, 1.165) is 22.4 Å². The van der Waals surface area contributed by atoms with E-state index >= 15 is 0 Å². The van der Waals surface area contributed by atoms with Crippen LogP contribution < -0.4 is 14.8 Å². The largest absolute Gasteiger partial charge is 0.493 e. The zero-order valence-electron chi connectivity index (χ0n) is 14.7. The van der Waals surface area contributed by atoms with Crippen LogP contribution in [0.15, 0.2) is 47.0 Å². The van der Waals surface area contributed by atoms with Gasteiger partial charge in [-0.15, -0.1) is 0 Å². The van der Waals surface area contributed by atoms with E-state index in [9.17, 15) is 0 Å². The van der Waals surface area contributed by atoms with Crippen LogP contribution in [-0.2, 0) is 0 Å². The molecule has 1 aliphatic heterocycles. The van der Waals surface area contributed by atoms with Crippen LogP contribution in [0.4, 0.5) is 5.69 Å². The fraction of sp³-hybridized carbons (Fsp3) is 0.333. The van der Waals surface area contributed by atoms with Gasteiger partial charge in [-0.05, 0) is 64.0 Å². The van der Waals surface area contributed by atoms with Gasteiger partial charge in [0, 0.05) is 11.6 Å². The zero-order chi connectivity index (χ0) is 17.6. The summed E-state index contributed by atoms with van der Waals surface area (Å²) in [6.07, 6.45) is 5.77. The monoisotopic (exact) mass is 399 g/mol. The van der Waals surface area contributed by atoms with Gasteiger partial charge < -0.3 is 14.8 Å². The van der Waals surface area contributed by atoms with Crippen molar-refractivity contribution in [3.05, 3.63) is 63.6 Å². The SMILES string of the molecule is COc1cc(C2Nc3c(C)cccc3C3C=CCC32)cc(Br)c1OC. The van der Waals surface area contributed by atoms with Crippen molar-refractivity contribution >= 4 is 21.6 Å². The Morgan fingerprint density at radius 3 is 2.76 bits per heavy atom. The molecule has 0 aromatic heterocycles. The second kappa shape index (κ2) is 6.41. The molecular weight excluding hydrogens is 378 g/mol. The average Bonchev–Trinajstić information content (AvgIpc) is 3.10. The lowest BCUT2D eigenvalue weighted by molar-refractivity contribution is 0.351. The van der Waals surface area contributed by atoms with Gasteiger partial charge in [-0.1, -0.05) is 30.4 Å². The molecule has 1 heterocycles. The fourth-order valence-corrected chi connectivity index (χ4v) is 4.85. The zero-order valence-corrected chi connectivity index (χ0v) is 16.3. The molecule has 4 rings (SSSR count). The first-order valence-corrected chi connectivity index (χ1v) is 9.37. The number of fused-ring (bicyclic) bond motifs is 3. The molecule has 0 amide bonds. The van der Waals surface area contributed by atoms with E-state index in [1.807, 2.05) is 0 Å². The summed E-state index contributed by atoms with van der Waals surface area (Å²) in [6.45, 7) is 2.17. The van der Waals surface area contributed by atoms with Gasteiger partial charge >= 0.3 is 0 Å². The van der Waals surface area contributed by atoms with Crippen LogP contribution in [0.3, 0.4) is 0 Å².